The van der Waals surface area contributed by atoms with Crippen molar-refractivity contribution in [2.45, 2.75) is 44.0 Å². The van der Waals surface area contributed by atoms with Gasteiger partial charge in [0.25, 0.3) is 0 Å². The fourth-order valence-corrected chi connectivity index (χ4v) is 4.02. The van der Waals surface area contributed by atoms with Crippen LogP contribution in [0.2, 0.25) is 0 Å². The van der Waals surface area contributed by atoms with Gasteiger partial charge in [-0.1, -0.05) is 24.6 Å². The van der Waals surface area contributed by atoms with Gasteiger partial charge in [0.1, 0.15) is 0 Å². The Labute approximate surface area is 122 Å². The molecule has 0 amide bonds. The van der Waals surface area contributed by atoms with Crippen LogP contribution < -0.4 is 4.72 Å². The molecule has 20 heavy (non-hydrogen) atoms. The predicted octanol–water partition coefficient (Wildman–Crippen LogP) is 2.15. The van der Waals surface area contributed by atoms with E-state index in [4.69, 9.17) is 0 Å². The second-order valence-electron chi connectivity index (χ2n) is 5.56. The molecule has 1 fully saturated rings. The van der Waals surface area contributed by atoms with Gasteiger partial charge < -0.3 is 0 Å². The summed E-state index contributed by atoms with van der Waals surface area (Å²) in [6.07, 6.45) is 3.72. The highest BCUT2D eigenvalue weighted by atomic mass is 32.2. The lowest BCUT2D eigenvalue weighted by atomic mass is 10.1. The maximum Gasteiger partial charge on any atom is 0.240 e. The van der Waals surface area contributed by atoms with Crippen molar-refractivity contribution in [3.8, 4) is 0 Å². The molecule has 112 valence electrons. The number of hydrogen-bond donors (Lipinski definition) is 1. The van der Waals surface area contributed by atoms with Crippen molar-refractivity contribution in [2.24, 2.45) is 0 Å². The molecule has 1 aromatic carbocycles. The summed E-state index contributed by atoms with van der Waals surface area (Å²) in [5, 5.41) is 0. The first-order valence-corrected chi connectivity index (χ1v) is 8.78. The van der Waals surface area contributed by atoms with Gasteiger partial charge in [0, 0.05) is 12.6 Å². The minimum Gasteiger partial charge on any atom is -0.299 e. The van der Waals surface area contributed by atoms with E-state index in [0.717, 1.165) is 18.7 Å². The van der Waals surface area contributed by atoms with Crippen LogP contribution in [-0.2, 0) is 10.0 Å². The zero-order valence-corrected chi connectivity index (χ0v) is 13.1. The van der Waals surface area contributed by atoms with Gasteiger partial charge in [-0.05, 0) is 51.4 Å². The smallest absolute Gasteiger partial charge is 0.240 e. The standard InChI is InChI=1S/C15H24N2O2S/c1-13-8-4-5-9-15(13)20(18,19)16-12-14(2)17-10-6-3-7-11-17/h4-5,8-9,14,16H,3,6-7,10-12H2,1-2H3. The molecular weight excluding hydrogens is 272 g/mol. The summed E-state index contributed by atoms with van der Waals surface area (Å²) in [6, 6.07) is 7.33. The highest BCUT2D eigenvalue weighted by Crippen LogP contribution is 2.15. The van der Waals surface area contributed by atoms with Gasteiger partial charge in [-0.2, -0.15) is 0 Å². The maximum absolute atomic E-state index is 12.3. The molecule has 0 radical (unpaired) electrons. The van der Waals surface area contributed by atoms with Crippen LogP contribution in [0.15, 0.2) is 29.2 Å². The van der Waals surface area contributed by atoms with Gasteiger partial charge in [-0.3, -0.25) is 4.90 Å². The molecule has 1 aromatic rings. The van der Waals surface area contributed by atoms with Crippen LogP contribution >= 0.6 is 0 Å². The lowest BCUT2D eigenvalue weighted by Gasteiger charge is -2.32. The van der Waals surface area contributed by atoms with Gasteiger partial charge in [0.15, 0.2) is 0 Å². The number of benzene rings is 1. The van der Waals surface area contributed by atoms with Crippen molar-refractivity contribution in [3.63, 3.8) is 0 Å². The van der Waals surface area contributed by atoms with Gasteiger partial charge in [-0.25, -0.2) is 13.1 Å². The predicted molar refractivity (Wildman–Crippen MR) is 81.3 cm³/mol. The highest BCUT2D eigenvalue weighted by Gasteiger charge is 2.20. The minimum atomic E-state index is -3.40. The molecule has 1 heterocycles. The number of nitrogens with zero attached hydrogens (tertiary/aromatic N) is 1. The van der Waals surface area contributed by atoms with Crippen LogP contribution in [0.25, 0.3) is 0 Å². The van der Waals surface area contributed by atoms with Gasteiger partial charge in [0.2, 0.25) is 10.0 Å². The quantitative estimate of drug-likeness (QED) is 0.906. The number of nitrogens with one attached hydrogen (secondary N) is 1. The second-order valence-corrected chi connectivity index (χ2v) is 7.30. The normalized spacial score (nSPS) is 18.9. The molecule has 4 nitrogen and oxygen atoms in total. The zero-order chi connectivity index (χ0) is 14.6. The van der Waals surface area contributed by atoms with Crippen molar-refractivity contribution in [2.75, 3.05) is 19.6 Å². The first kappa shape index (κ1) is 15.5. The molecule has 5 heteroatoms. The Balaban J connectivity index is 1.97. The zero-order valence-electron chi connectivity index (χ0n) is 12.3. The molecule has 1 N–H and O–H groups in total. The topological polar surface area (TPSA) is 49.4 Å². The van der Waals surface area contributed by atoms with Crippen molar-refractivity contribution in [3.05, 3.63) is 29.8 Å². The molecule has 0 spiro atoms. The fourth-order valence-electron chi connectivity index (χ4n) is 2.65. The van der Waals surface area contributed by atoms with E-state index in [9.17, 15) is 8.42 Å². The van der Waals surface area contributed by atoms with Crippen molar-refractivity contribution < 1.29 is 8.42 Å². The molecule has 0 bridgehead atoms. The second kappa shape index (κ2) is 6.70. The number of rotatable bonds is 5. The van der Waals surface area contributed by atoms with E-state index in [2.05, 4.69) is 16.5 Å². The van der Waals surface area contributed by atoms with Gasteiger partial charge in [-0.15, -0.1) is 0 Å². The third kappa shape index (κ3) is 3.81. The lowest BCUT2D eigenvalue weighted by Crippen LogP contribution is -2.44. The van der Waals surface area contributed by atoms with E-state index in [1.807, 2.05) is 19.1 Å². The van der Waals surface area contributed by atoms with E-state index in [1.54, 1.807) is 12.1 Å². The molecule has 1 unspecified atom stereocenters. The summed E-state index contributed by atoms with van der Waals surface area (Å²) in [7, 11) is -3.40. The molecule has 0 aliphatic carbocycles. The fraction of sp³-hybridized carbons (Fsp3) is 0.600. The number of likely N-dealkylation sites (tertiary alicyclic amines) is 1. The van der Waals surface area contributed by atoms with E-state index < -0.39 is 10.0 Å². The average molecular weight is 296 g/mol. The molecule has 2 rings (SSSR count). The Hall–Kier alpha value is -0.910. The Morgan fingerprint density at radius 3 is 2.50 bits per heavy atom. The third-order valence-electron chi connectivity index (χ3n) is 3.97. The van der Waals surface area contributed by atoms with Crippen LogP contribution in [0.5, 0.6) is 0 Å². The van der Waals surface area contributed by atoms with E-state index in [1.165, 1.54) is 19.3 Å². The average Bonchev–Trinajstić information content (AvgIpc) is 2.46. The summed E-state index contributed by atoms with van der Waals surface area (Å²) in [4.78, 5) is 2.75. The van der Waals surface area contributed by atoms with Crippen molar-refractivity contribution in [1.82, 2.24) is 9.62 Å². The maximum atomic E-state index is 12.3. The number of piperidine rings is 1. The van der Waals surface area contributed by atoms with Crippen LogP contribution in [0.1, 0.15) is 31.7 Å². The van der Waals surface area contributed by atoms with Gasteiger partial charge in [0.05, 0.1) is 4.90 Å². The summed E-state index contributed by atoms with van der Waals surface area (Å²) in [6.45, 7) is 6.53. The Morgan fingerprint density at radius 2 is 1.85 bits per heavy atom. The van der Waals surface area contributed by atoms with E-state index >= 15 is 0 Å². The van der Waals surface area contributed by atoms with Crippen LogP contribution in [0, 0.1) is 6.92 Å². The van der Waals surface area contributed by atoms with E-state index in [-0.39, 0.29) is 6.04 Å². The van der Waals surface area contributed by atoms with Crippen molar-refractivity contribution >= 4 is 10.0 Å². The molecule has 1 atom stereocenters. The van der Waals surface area contributed by atoms with Crippen molar-refractivity contribution in [1.29, 1.82) is 0 Å². The Kier molecular flexibility index (Phi) is 5.18. The summed E-state index contributed by atoms with van der Waals surface area (Å²) >= 11 is 0. The lowest BCUT2D eigenvalue weighted by molar-refractivity contribution is 0.175. The summed E-state index contributed by atoms with van der Waals surface area (Å²) < 4.78 is 27.4. The summed E-state index contributed by atoms with van der Waals surface area (Å²) in [5.41, 5.74) is 0.783. The number of aryl methyl sites for hydroxylation is 1. The molecule has 0 saturated carbocycles. The first-order valence-electron chi connectivity index (χ1n) is 7.30. The Morgan fingerprint density at radius 1 is 1.20 bits per heavy atom. The monoisotopic (exact) mass is 296 g/mol. The number of hydrogen-bond acceptors (Lipinski definition) is 3. The molecule has 1 saturated heterocycles. The van der Waals surface area contributed by atoms with Crippen LogP contribution in [0.4, 0.5) is 0 Å². The van der Waals surface area contributed by atoms with E-state index in [0.29, 0.717) is 11.4 Å². The molecular formula is C15H24N2O2S. The Bertz CT molecular complexity index is 537. The van der Waals surface area contributed by atoms with Gasteiger partial charge >= 0.3 is 0 Å². The number of sulfonamides is 1. The molecule has 1 aliphatic heterocycles. The highest BCUT2D eigenvalue weighted by molar-refractivity contribution is 7.89. The molecule has 0 aromatic heterocycles. The van der Waals surface area contributed by atoms with Crippen LogP contribution in [0.3, 0.4) is 0 Å². The SMILES string of the molecule is Cc1ccccc1S(=O)(=O)NCC(C)N1CCCCC1. The first-order chi connectivity index (χ1) is 9.50. The largest absolute Gasteiger partial charge is 0.299 e. The van der Waals surface area contributed by atoms with Crippen LogP contribution in [-0.4, -0.2) is 39.0 Å². The third-order valence-corrected chi connectivity index (χ3v) is 5.55. The summed E-state index contributed by atoms with van der Waals surface area (Å²) in [5.74, 6) is 0. The molecule has 1 aliphatic rings. The minimum absolute atomic E-state index is 0.245.